The van der Waals surface area contributed by atoms with Crippen LogP contribution in [0.2, 0.25) is 0 Å². The zero-order valence-corrected chi connectivity index (χ0v) is 13.5. The molecular formula is C14H31N3O2. The van der Waals surface area contributed by atoms with E-state index in [-0.39, 0.29) is 5.91 Å². The van der Waals surface area contributed by atoms with Crippen LogP contribution in [0.3, 0.4) is 0 Å². The maximum Gasteiger partial charge on any atom is 0.242 e. The first-order valence-corrected chi connectivity index (χ1v) is 7.03. The lowest BCUT2D eigenvalue weighted by Gasteiger charge is -2.32. The first kappa shape index (κ1) is 18.4. The molecule has 19 heavy (non-hydrogen) atoms. The van der Waals surface area contributed by atoms with Crippen LogP contribution < -0.4 is 5.32 Å². The first-order valence-electron chi connectivity index (χ1n) is 7.03. The minimum atomic E-state index is -0.513. The Kier molecular flexibility index (Phi) is 8.97. The first-order chi connectivity index (χ1) is 8.85. The summed E-state index contributed by atoms with van der Waals surface area (Å²) in [6.45, 7) is 9.66. The van der Waals surface area contributed by atoms with Gasteiger partial charge in [-0.2, -0.15) is 0 Å². The predicted molar refractivity (Wildman–Crippen MR) is 79.4 cm³/mol. The van der Waals surface area contributed by atoms with E-state index in [0.717, 1.165) is 26.1 Å². The standard InChI is InChI=1S/C14H31N3O2/c1-7-15-14(2,3)13(18)17(11-12-19-6)10-8-9-16(4)5/h15H,7-12H2,1-6H3. The van der Waals surface area contributed by atoms with Gasteiger partial charge in [0, 0.05) is 20.2 Å². The maximum atomic E-state index is 12.5. The van der Waals surface area contributed by atoms with Crippen molar-refractivity contribution in [1.29, 1.82) is 0 Å². The van der Waals surface area contributed by atoms with E-state index in [1.165, 1.54) is 0 Å². The Hall–Kier alpha value is -0.650. The Morgan fingerprint density at radius 1 is 1.21 bits per heavy atom. The van der Waals surface area contributed by atoms with Gasteiger partial charge in [-0.3, -0.25) is 4.79 Å². The number of nitrogens with one attached hydrogen (secondary N) is 1. The van der Waals surface area contributed by atoms with Gasteiger partial charge in [-0.1, -0.05) is 6.92 Å². The van der Waals surface area contributed by atoms with Gasteiger partial charge in [-0.25, -0.2) is 0 Å². The van der Waals surface area contributed by atoms with Gasteiger partial charge in [0.05, 0.1) is 12.1 Å². The fourth-order valence-corrected chi connectivity index (χ4v) is 2.01. The summed E-state index contributed by atoms with van der Waals surface area (Å²) in [7, 11) is 5.76. The molecule has 0 aromatic carbocycles. The highest BCUT2D eigenvalue weighted by atomic mass is 16.5. The van der Waals surface area contributed by atoms with Crippen LogP contribution in [0.15, 0.2) is 0 Å². The van der Waals surface area contributed by atoms with Crippen molar-refractivity contribution in [3.63, 3.8) is 0 Å². The summed E-state index contributed by atoms with van der Waals surface area (Å²) in [5.74, 6) is 0.144. The molecule has 0 radical (unpaired) electrons. The van der Waals surface area contributed by atoms with Crippen molar-refractivity contribution in [2.75, 3.05) is 54.0 Å². The van der Waals surface area contributed by atoms with Crippen molar-refractivity contribution < 1.29 is 9.53 Å². The van der Waals surface area contributed by atoms with Gasteiger partial charge < -0.3 is 19.9 Å². The normalized spacial score (nSPS) is 11.9. The Labute approximate surface area is 118 Å². The van der Waals surface area contributed by atoms with Crippen LogP contribution in [0.25, 0.3) is 0 Å². The second kappa shape index (κ2) is 9.28. The smallest absolute Gasteiger partial charge is 0.242 e. The van der Waals surface area contributed by atoms with E-state index in [0.29, 0.717) is 13.2 Å². The average molecular weight is 273 g/mol. The van der Waals surface area contributed by atoms with E-state index in [1.54, 1.807) is 7.11 Å². The van der Waals surface area contributed by atoms with Crippen LogP contribution in [-0.2, 0) is 9.53 Å². The predicted octanol–water partition coefficient (Wildman–Crippen LogP) is 0.801. The third kappa shape index (κ3) is 7.50. The fourth-order valence-electron chi connectivity index (χ4n) is 2.01. The third-order valence-corrected chi connectivity index (χ3v) is 3.04. The van der Waals surface area contributed by atoms with Crippen molar-refractivity contribution >= 4 is 5.91 Å². The summed E-state index contributed by atoms with van der Waals surface area (Å²) >= 11 is 0. The van der Waals surface area contributed by atoms with Crippen molar-refractivity contribution in [3.8, 4) is 0 Å². The molecule has 0 spiro atoms. The molecule has 5 heteroatoms. The minimum Gasteiger partial charge on any atom is -0.383 e. The molecule has 0 atom stereocenters. The number of methoxy groups -OCH3 is 1. The lowest BCUT2D eigenvalue weighted by atomic mass is 10.0. The summed E-state index contributed by atoms with van der Waals surface area (Å²) in [5, 5.41) is 3.24. The molecule has 114 valence electrons. The Morgan fingerprint density at radius 3 is 2.32 bits per heavy atom. The van der Waals surface area contributed by atoms with Crippen molar-refractivity contribution in [2.45, 2.75) is 32.7 Å². The molecule has 0 aromatic rings. The number of likely N-dealkylation sites (N-methyl/N-ethyl adjacent to an activating group) is 1. The summed E-state index contributed by atoms with van der Waals surface area (Å²) in [4.78, 5) is 16.6. The lowest BCUT2D eigenvalue weighted by Crippen LogP contribution is -2.55. The van der Waals surface area contributed by atoms with Crippen LogP contribution in [0.5, 0.6) is 0 Å². The second-order valence-corrected chi connectivity index (χ2v) is 5.60. The van der Waals surface area contributed by atoms with E-state index in [9.17, 15) is 4.79 Å². The lowest BCUT2D eigenvalue weighted by molar-refractivity contribution is -0.137. The number of amides is 1. The van der Waals surface area contributed by atoms with E-state index < -0.39 is 5.54 Å². The van der Waals surface area contributed by atoms with Crippen LogP contribution in [0, 0.1) is 0 Å². The molecule has 1 N–H and O–H groups in total. The highest BCUT2D eigenvalue weighted by Crippen LogP contribution is 2.09. The van der Waals surface area contributed by atoms with Gasteiger partial charge in [-0.15, -0.1) is 0 Å². The van der Waals surface area contributed by atoms with Crippen molar-refractivity contribution in [1.82, 2.24) is 15.1 Å². The number of nitrogens with zero attached hydrogens (tertiary/aromatic N) is 2. The molecule has 0 heterocycles. The molecule has 0 bridgehead atoms. The van der Waals surface area contributed by atoms with Crippen LogP contribution >= 0.6 is 0 Å². The number of rotatable bonds is 10. The molecule has 0 aliphatic rings. The maximum absolute atomic E-state index is 12.5. The van der Waals surface area contributed by atoms with Crippen molar-refractivity contribution in [3.05, 3.63) is 0 Å². The van der Waals surface area contributed by atoms with Crippen LogP contribution in [0.4, 0.5) is 0 Å². The van der Waals surface area contributed by atoms with Gasteiger partial charge in [0.1, 0.15) is 0 Å². The molecule has 0 aliphatic heterocycles. The van der Waals surface area contributed by atoms with Crippen molar-refractivity contribution in [2.24, 2.45) is 0 Å². The van der Waals surface area contributed by atoms with E-state index in [1.807, 2.05) is 39.8 Å². The summed E-state index contributed by atoms with van der Waals surface area (Å²) in [6, 6.07) is 0. The summed E-state index contributed by atoms with van der Waals surface area (Å²) in [5.41, 5.74) is -0.513. The van der Waals surface area contributed by atoms with Crippen LogP contribution in [0.1, 0.15) is 27.2 Å². The van der Waals surface area contributed by atoms with Gasteiger partial charge in [0.15, 0.2) is 0 Å². The SMILES string of the molecule is CCNC(C)(C)C(=O)N(CCCN(C)C)CCOC. The number of ether oxygens (including phenoxy) is 1. The number of hydrogen-bond acceptors (Lipinski definition) is 4. The molecule has 0 aromatic heterocycles. The molecule has 0 saturated heterocycles. The molecule has 0 unspecified atom stereocenters. The second-order valence-electron chi connectivity index (χ2n) is 5.60. The van der Waals surface area contributed by atoms with Gasteiger partial charge in [0.2, 0.25) is 5.91 Å². The molecule has 1 amide bonds. The van der Waals surface area contributed by atoms with Gasteiger partial charge in [0.25, 0.3) is 0 Å². The van der Waals surface area contributed by atoms with E-state index >= 15 is 0 Å². The largest absolute Gasteiger partial charge is 0.383 e. The van der Waals surface area contributed by atoms with Crippen LogP contribution in [-0.4, -0.2) is 75.2 Å². The van der Waals surface area contributed by atoms with E-state index in [2.05, 4.69) is 10.2 Å². The Balaban J connectivity index is 4.50. The topological polar surface area (TPSA) is 44.8 Å². The van der Waals surface area contributed by atoms with E-state index in [4.69, 9.17) is 4.74 Å². The molecule has 5 nitrogen and oxygen atoms in total. The minimum absolute atomic E-state index is 0.144. The molecule has 0 saturated carbocycles. The van der Waals surface area contributed by atoms with Gasteiger partial charge >= 0.3 is 0 Å². The Bertz CT molecular complexity index is 255. The fraction of sp³-hybridized carbons (Fsp3) is 0.929. The average Bonchev–Trinajstić information content (AvgIpc) is 2.32. The quantitative estimate of drug-likeness (QED) is 0.639. The molecule has 0 aliphatic carbocycles. The molecule has 0 fully saturated rings. The molecular weight excluding hydrogens is 242 g/mol. The summed E-state index contributed by atoms with van der Waals surface area (Å²) < 4.78 is 5.10. The highest BCUT2D eigenvalue weighted by molar-refractivity contribution is 5.85. The number of hydrogen-bond donors (Lipinski definition) is 1. The monoisotopic (exact) mass is 273 g/mol. The van der Waals surface area contributed by atoms with Gasteiger partial charge in [-0.05, 0) is 47.5 Å². The highest BCUT2D eigenvalue weighted by Gasteiger charge is 2.30. The zero-order chi connectivity index (χ0) is 14.9. The third-order valence-electron chi connectivity index (χ3n) is 3.04. The zero-order valence-electron chi connectivity index (χ0n) is 13.5. The molecule has 0 rings (SSSR count). The number of carbonyl (C=O) groups excluding carboxylic acids is 1. The Morgan fingerprint density at radius 2 is 1.84 bits per heavy atom. The summed E-state index contributed by atoms with van der Waals surface area (Å²) in [6.07, 6.45) is 0.977. The number of carbonyl (C=O) groups is 1.